The second kappa shape index (κ2) is 6.92. The molecule has 0 saturated heterocycles. The lowest BCUT2D eigenvalue weighted by Gasteiger charge is -2.29. The standard InChI is InChI=1S/C13H18F3NO3/c1-19-9-12(18,7-4-8-17)10-5-2-3-6-11(10)20-13(14,15)16/h2-3,5-6,18H,4,7-9,17H2,1H3. The second-order valence-electron chi connectivity index (χ2n) is 4.40. The Labute approximate surface area is 115 Å². The van der Waals surface area contributed by atoms with Gasteiger partial charge in [0.05, 0.1) is 6.61 Å². The van der Waals surface area contributed by atoms with Crippen LogP contribution >= 0.6 is 0 Å². The molecule has 0 radical (unpaired) electrons. The summed E-state index contributed by atoms with van der Waals surface area (Å²) in [6, 6.07) is 5.48. The third-order valence-corrected chi connectivity index (χ3v) is 2.79. The van der Waals surface area contributed by atoms with Crippen LogP contribution in [-0.2, 0) is 10.3 Å². The number of hydrogen-bond acceptors (Lipinski definition) is 4. The van der Waals surface area contributed by atoms with Crippen molar-refractivity contribution in [2.75, 3.05) is 20.3 Å². The van der Waals surface area contributed by atoms with E-state index in [0.717, 1.165) is 6.07 Å². The third kappa shape index (κ3) is 4.66. The molecule has 0 aliphatic rings. The molecule has 1 unspecified atom stereocenters. The van der Waals surface area contributed by atoms with Gasteiger partial charge in [0.25, 0.3) is 0 Å². The molecule has 1 aromatic carbocycles. The first-order valence-electron chi connectivity index (χ1n) is 6.09. The van der Waals surface area contributed by atoms with Crippen molar-refractivity contribution in [1.82, 2.24) is 0 Å². The molecule has 20 heavy (non-hydrogen) atoms. The number of para-hydroxylation sites is 1. The first kappa shape index (κ1) is 16.7. The summed E-state index contributed by atoms with van der Waals surface area (Å²) >= 11 is 0. The van der Waals surface area contributed by atoms with Crippen molar-refractivity contribution < 1.29 is 27.8 Å². The fourth-order valence-electron chi connectivity index (χ4n) is 1.98. The van der Waals surface area contributed by atoms with Crippen molar-refractivity contribution in [3.05, 3.63) is 29.8 Å². The van der Waals surface area contributed by atoms with Gasteiger partial charge in [0.1, 0.15) is 11.4 Å². The Balaban J connectivity index is 3.12. The Morgan fingerprint density at radius 2 is 1.90 bits per heavy atom. The summed E-state index contributed by atoms with van der Waals surface area (Å²) in [6.07, 6.45) is -4.20. The lowest BCUT2D eigenvalue weighted by molar-refractivity contribution is -0.275. The highest BCUT2D eigenvalue weighted by atomic mass is 19.4. The first-order chi connectivity index (χ1) is 9.32. The van der Waals surface area contributed by atoms with Crippen molar-refractivity contribution >= 4 is 0 Å². The maximum absolute atomic E-state index is 12.4. The van der Waals surface area contributed by atoms with E-state index in [9.17, 15) is 18.3 Å². The lowest BCUT2D eigenvalue weighted by atomic mass is 9.89. The largest absolute Gasteiger partial charge is 0.573 e. The number of halogens is 3. The number of aliphatic hydroxyl groups is 1. The van der Waals surface area contributed by atoms with Crippen molar-refractivity contribution in [3.63, 3.8) is 0 Å². The van der Waals surface area contributed by atoms with E-state index in [1.807, 2.05) is 0 Å². The van der Waals surface area contributed by atoms with E-state index in [0.29, 0.717) is 13.0 Å². The number of rotatable bonds is 7. The van der Waals surface area contributed by atoms with Gasteiger partial charge >= 0.3 is 6.36 Å². The smallest absolute Gasteiger partial charge is 0.405 e. The molecule has 0 aromatic heterocycles. The van der Waals surface area contributed by atoms with E-state index >= 15 is 0 Å². The van der Waals surface area contributed by atoms with Crippen molar-refractivity contribution in [2.45, 2.75) is 24.8 Å². The molecule has 0 heterocycles. The van der Waals surface area contributed by atoms with Crippen LogP contribution in [0.3, 0.4) is 0 Å². The highest BCUT2D eigenvalue weighted by Crippen LogP contribution is 2.36. The van der Waals surface area contributed by atoms with E-state index in [-0.39, 0.29) is 18.6 Å². The first-order valence-corrected chi connectivity index (χ1v) is 6.09. The topological polar surface area (TPSA) is 64.7 Å². The minimum atomic E-state index is -4.82. The highest BCUT2D eigenvalue weighted by molar-refractivity contribution is 5.38. The Bertz CT molecular complexity index is 426. The monoisotopic (exact) mass is 293 g/mol. The van der Waals surface area contributed by atoms with Gasteiger partial charge < -0.3 is 20.3 Å². The van der Waals surface area contributed by atoms with Gasteiger partial charge in [-0.25, -0.2) is 0 Å². The maximum Gasteiger partial charge on any atom is 0.573 e. The van der Waals surface area contributed by atoms with Gasteiger partial charge in [0.15, 0.2) is 0 Å². The van der Waals surface area contributed by atoms with Gasteiger partial charge in [-0.2, -0.15) is 0 Å². The minimum absolute atomic E-state index is 0.0348. The molecule has 0 aliphatic heterocycles. The van der Waals surface area contributed by atoms with Crippen LogP contribution in [0.15, 0.2) is 24.3 Å². The number of hydrogen-bond donors (Lipinski definition) is 2. The molecule has 7 heteroatoms. The molecule has 0 saturated carbocycles. The predicted molar refractivity (Wildman–Crippen MR) is 67.2 cm³/mol. The molecule has 1 atom stereocenters. The molecule has 0 bridgehead atoms. The zero-order chi connectivity index (χ0) is 15.2. The van der Waals surface area contributed by atoms with Gasteiger partial charge in [-0.05, 0) is 25.5 Å². The summed E-state index contributed by atoms with van der Waals surface area (Å²) in [5.41, 5.74) is 3.85. The van der Waals surface area contributed by atoms with Crippen LogP contribution in [0.4, 0.5) is 13.2 Å². The van der Waals surface area contributed by atoms with Gasteiger partial charge in [-0.3, -0.25) is 0 Å². The van der Waals surface area contributed by atoms with Gasteiger partial charge in [-0.15, -0.1) is 13.2 Å². The average molecular weight is 293 g/mol. The van der Waals surface area contributed by atoms with E-state index in [4.69, 9.17) is 10.5 Å². The van der Waals surface area contributed by atoms with Crippen LogP contribution in [0.5, 0.6) is 5.75 Å². The molecule has 3 N–H and O–H groups in total. The summed E-state index contributed by atoms with van der Waals surface area (Å²) in [7, 11) is 1.36. The molecule has 0 fully saturated rings. The number of methoxy groups -OCH3 is 1. The van der Waals surface area contributed by atoms with E-state index < -0.39 is 17.7 Å². The van der Waals surface area contributed by atoms with Gasteiger partial charge in [0, 0.05) is 12.7 Å². The third-order valence-electron chi connectivity index (χ3n) is 2.79. The van der Waals surface area contributed by atoms with Crippen molar-refractivity contribution in [3.8, 4) is 5.75 Å². The van der Waals surface area contributed by atoms with Crippen molar-refractivity contribution in [1.29, 1.82) is 0 Å². The van der Waals surface area contributed by atoms with E-state index in [2.05, 4.69) is 4.74 Å². The van der Waals surface area contributed by atoms with Crippen LogP contribution in [0, 0.1) is 0 Å². The highest BCUT2D eigenvalue weighted by Gasteiger charge is 2.37. The molecule has 1 aromatic rings. The Kier molecular flexibility index (Phi) is 5.79. The van der Waals surface area contributed by atoms with Crippen LogP contribution in [-0.4, -0.2) is 31.7 Å². The molecule has 0 aliphatic carbocycles. The second-order valence-corrected chi connectivity index (χ2v) is 4.40. The quantitative estimate of drug-likeness (QED) is 0.808. The molecule has 0 amide bonds. The SMILES string of the molecule is COCC(O)(CCCN)c1ccccc1OC(F)(F)F. The minimum Gasteiger partial charge on any atom is -0.405 e. The van der Waals surface area contributed by atoms with Crippen LogP contribution in [0.2, 0.25) is 0 Å². The Morgan fingerprint density at radius 1 is 1.25 bits per heavy atom. The zero-order valence-electron chi connectivity index (χ0n) is 11.1. The number of nitrogens with two attached hydrogens (primary N) is 1. The number of ether oxygens (including phenoxy) is 2. The van der Waals surface area contributed by atoms with E-state index in [1.54, 1.807) is 0 Å². The normalized spacial score (nSPS) is 14.9. The van der Waals surface area contributed by atoms with Crippen LogP contribution < -0.4 is 10.5 Å². The summed E-state index contributed by atoms with van der Waals surface area (Å²) in [5, 5.41) is 10.6. The van der Waals surface area contributed by atoms with Gasteiger partial charge in [-0.1, -0.05) is 18.2 Å². The summed E-state index contributed by atoms with van der Waals surface area (Å²) in [5.74, 6) is -0.434. The molecular formula is C13H18F3NO3. The van der Waals surface area contributed by atoms with Crippen LogP contribution in [0.1, 0.15) is 18.4 Å². The summed E-state index contributed by atoms with van der Waals surface area (Å²) in [6.45, 7) is 0.166. The van der Waals surface area contributed by atoms with Crippen LogP contribution in [0.25, 0.3) is 0 Å². The zero-order valence-corrected chi connectivity index (χ0v) is 11.1. The molecule has 4 nitrogen and oxygen atoms in total. The predicted octanol–water partition coefficient (Wildman–Crippen LogP) is 2.16. The fourth-order valence-corrected chi connectivity index (χ4v) is 1.98. The molecular weight excluding hydrogens is 275 g/mol. The molecule has 114 valence electrons. The maximum atomic E-state index is 12.4. The Morgan fingerprint density at radius 3 is 2.45 bits per heavy atom. The Hall–Kier alpha value is -1.31. The number of benzene rings is 1. The molecule has 1 rings (SSSR count). The van der Waals surface area contributed by atoms with E-state index in [1.165, 1.54) is 25.3 Å². The molecule has 0 spiro atoms. The summed E-state index contributed by atoms with van der Waals surface area (Å²) < 4.78 is 46.1. The summed E-state index contributed by atoms with van der Waals surface area (Å²) in [4.78, 5) is 0. The average Bonchev–Trinajstić information content (AvgIpc) is 2.35. The van der Waals surface area contributed by atoms with Crippen molar-refractivity contribution in [2.24, 2.45) is 5.73 Å². The fraction of sp³-hybridized carbons (Fsp3) is 0.538. The number of alkyl halides is 3. The van der Waals surface area contributed by atoms with Gasteiger partial charge in [0.2, 0.25) is 0 Å². The lowest BCUT2D eigenvalue weighted by Crippen LogP contribution is -2.33.